The Kier molecular flexibility index (Phi) is 5.20. The zero-order valence-electron chi connectivity index (χ0n) is 18.9. The molecule has 10 nitrogen and oxygen atoms in total. The molecule has 0 aromatic carbocycles. The molecule has 3 aromatic heterocycles. The second kappa shape index (κ2) is 8.51. The van der Waals surface area contributed by atoms with E-state index in [2.05, 4.69) is 30.0 Å². The highest BCUT2D eigenvalue weighted by Gasteiger charge is 2.27. The molecule has 0 unspecified atom stereocenters. The maximum atomic E-state index is 13.0. The molecule has 3 aromatic rings. The van der Waals surface area contributed by atoms with Crippen molar-refractivity contribution in [3.05, 3.63) is 53.1 Å². The van der Waals surface area contributed by atoms with Gasteiger partial charge in [0.25, 0.3) is 5.91 Å². The van der Waals surface area contributed by atoms with Crippen LogP contribution in [0.25, 0.3) is 11.5 Å². The number of urea groups is 1. The van der Waals surface area contributed by atoms with E-state index in [1.54, 1.807) is 18.3 Å². The van der Waals surface area contributed by atoms with E-state index < -0.39 is 0 Å². The minimum Gasteiger partial charge on any atom is -0.325 e. The van der Waals surface area contributed by atoms with Crippen molar-refractivity contribution >= 4 is 17.8 Å². The second-order valence-corrected chi connectivity index (χ2v) is 9.04. The first-order chi connectivity index (χ1) is 16.7. The van der Waals surface area contributed by atoms with Crippen molar-refractivity contribution in [3.8, 4) is 11.5 Å². The van der Waals surface area contributed by atoms with E-state index in [0.717, 1.165) is 74.5 Å². The Balaban J connectivity index is 1.18. The Morgan fingerprint density at radius 2 is 1.79 bits per heavy atom. The smallest absolute Gasteiger partial charge is 0.320 e. The summed E-state index contributed by atoms with van der Waals surface area (Å²) in [4.78, 5) is 38.5. The van der Waals surface area contributed by atoms with Crippen molar-refractivity contribution in [1.82, 2.24) is 34.5 Å². The van der Waals surface area contributed by atoms with Crippen LogP contribution >= 0.6 is 0 Å². The molecule has 0 bridgehead atoms. The summed E-state index contributed by atoms with van der Waals surface area (Å²) in [5.41, 5.74) is 3.04. The quantitative estimate of drug-likeness (QED) is 0.646. The van der Waals surface area contributed by atoms with Gasteiger partial charge >= 0.3 is 6.03 Å². The van der Waals surface area contributed by atoms with Gasteiger partial charge in [-0.3, -0.25) is 9.78 Å². The maximum Gasteiger partial charge on any atom is 0.320 e. The fourth-order valence-electron chi connectivity index (χ4n) is 4.98. The predicted octanol–water partition coefficient (Wildman–Crippen LogP) is 2.51. The van der Waals surface area contributed by atoms with Crippen LogP contribution in [0.1, 0.15) is 46.7 Å². The SMILES string of the molecule is O=C(Nc1cccc(-c2nnc3n2CCC3)n1)c1cc2c(cn1)CCN(C(=O)N1CCCC1)C2. The summed E-state index contributed by atoms with van der Waals surface area (Å²) in [7, 11) is 0. The molecule has 0 saturated carbocycles. The lowest BCUT2D eigenvalue weighted by molar-refractivity contribution is 0.102. The lowest BCUT2D eigenvalue weighted by atomic mass is 10.0. The third kappa shape index (κ3) is 3.78. The van der Waals surface area contributed by atoms with Gasteiger partial charge in [-0.15, -0.1) is 10.2 Å². The fraction of sp³-hybridized carbons (Fsp3) is 0.417. The number of amides is 3. The third-order valence-corrected chi connectivity index (χ3v) is 6.80. The molecule has 0 radical (unpaired) electrons. The Bertz CT molecular complexity index is 1260. The van der Waals surface area contributed by atoms with Crippen LogP contribution in [0.15, 0.2) is 30.5 Å². The van der Waals surface area contributed by atoms with Gasteiger partial charge in [0, 0.05) is 45.3 Å². The Morgan fingerprint density at radius 3 is 2.68 bits per heavy atom. The number of anilines is 1. The van der Waals surface area contributed by atoms with Crippen molar-refractivity contribution in [1.29, 1.82) is 0 Å². The highest BCUT2D eigenvalue weighted by Crippen LogP contribution is 2.24. The number of pyridine rings is 2. The maximum absolute atomic E-state index is 13.0. The molecule has 34 heavy (non-hydrogen) atoms. The molecule has 0 atom stereocenters. The van der Waals surface area contributed by atoms with Crippen LogP contribution in [0.2, 0.25) is 0 Å². The Hall–Kier alpha value is -3.82. The molecule has 1 N–H and O–H groups in total. The monoisotopic (exact) mass is 458 g/mol. The van der Waals surface area contributed by atoms with Gasteiger partial charge in [-0.25, -0.2) is 9.78 Å². The summed E-state index contributed by atoms with van der Waals surface area (Å²) in [5.74, 6) is 1.80. The first-order valence-electron chi connectivity index (χ1n) is 11.9. The summed E-state index contributed by atoms with van der Waals surface area (Å²) in [6.07, 6.45) is 6.62. The predicted molar refractivity (Wildman–Crippen MR) is 124 cm³/mol. The van der Waals surface area contributed by atoms with Crippen LogP contribution in [0.3, 0.4) is 0 Å². The van der Waals surface area contributed by atoms with Gasteiger partial charge in [-0.05, 0) is 55.0 Å². The van der Waals surface area contributed by atoms with Crippen molar-refractivity contribution in [2.45, 2.75) is 45.2 Å². The van der Waals surface area contributed by atoms with E-state index in [1.165, 1.54) is 0 Å². The number of hydrogen-bond acceptors (Lipinski definition) is 6. The summed E-state index contributed by atoms with van der Waals surface area (Å²) in [6, 6.07) is 7.35. The highest BCUT2D eigenvalue weighted by molar-refractivity contribution is 6.02. The average molecular weight is 459 g/mol. The number of carbonyl (C=O) groups excluding carboxylic acids is 2. The summed E-state index contributed by atoms with van der Waals surface area (Å²) >= 11 is 0. The number of likely N-dealkylation sites (tertiary alicyclic amines) is 1. The van der Waals surface area contributed by atoms with Gasteiger partial charge in [0.1, 0.15) is 23.0 Å². The highest BCUT2D eigenvalue weighted by atomic mass is 16.2. The number of aryl methyl sites for hydroxylation is 1. The Morgan fingerprint density at radius 1 is 0.912 bits per heavy atom. The second-order valence-electron chi connectivity index (χ2n) is 9.04. The standard InChI is InChI=1S/C24H26N8O2/c33-23(27-20-6-3-5-18(26-20)22-29-28-21-7-4-11-32(21)22)19-13-17-15-31(12-8-16(17)14-25-19)24(34)30-9-1-2-10-30/h3,5-6,13-14H,1-2,4,7-12,15H2,(H,26,27,33). The number of hydrogen-bond donors (Lipinski definition) is 1. The van der Waals surface area contributed by atoms with Gasteiger partial charge in [-0.1, -0.05) is 6.07 Å². The number of nitrogens with zero attached hydrogens (tertiary/aromatic N) is 7. The third-order valence-electron chi connectivity index (χ3n) is 6.80. The van der Waals surface area contributed by atoms with Crippen molar-refractivity contribution in [3.63, 3.8) is 0 Å². The van der Waals surface area contributed by atoms with Crippen LogP contribution in [0.4, 0.5) is 10.6 Å². The van der Waals surface area contributed by atoms with Crippen LogP contribution in [0, 0.1) is 0 Å². The minimum atomic E-state index is -0.332. The number of carbonyl (C=O) groups is 2. The van der Waals surface area contributed by atoms with E-state index in [1.807, 2.05) is 21.9 Å². The molecule has 174 valence electrons. The fourth-order valence-corrected chi connectivity index (χ4v) is 4.98. The molecule has 0 spiro atoms. The summed E-state index contributed by atoms with van der Waals surface area (Å²) in [5, 5.41) is 11.4. The van der Waals surface area contributed by atoms with Crippen molar-refractivity contribution < 1.29 is 9.59 Å². The molecule has 0 aliphatic carbocycles. The van der Waals surface area contributed by atoms with Gasteiger partial charge in [0.2, 0.25) is 0 Å². The molecule has 3 aliphatic rings. The lowest BCUT2D eigenvalue weighted by Crippen LogP contribution is -2.44. The summed E-state index contributed by atoms with van der Waals surface area (Å²) < 4.78 is 2.08. The van der Waals surface area contributed by atoms with Gasteiger partial charge < -0.3 is 19.7 Å². The first-order valence-corrected chi connectivity index (χ1v) is 11.9. The number of fused-ring (bicyclic) bond motifs is 2. The van der Waals surface area contributed by atoms with E-state index in [0.29, 0.717) is 30.3 Å². The molecular formula is C24H26N8O2. The average Bonchev–Trinajstić information content (AvgIpc) is 3.62. The lowest BCUT2D eigenvalue weighted by Gasteiger charge is -2.32. The van der Waals surface area contributed by atoms with Gasteiger partial charge in [-0.2, -0.15) is 0 Å². The molecule has 1 fully saturated rings. The summed E-state index contributed by atoms with van der Waals surface area (Å²) in [6.45, 7) is 3.72. The van der Waals surface area contributed by atoms with E-state index in [4.69, 9.17) is 0 Å². The van der Waals surface area contributed by atoms with Crippen LogP contribution in [0.5, 0.6) is 0 Å². The van der Waals surface area contributed by atoms with Crippen LogP contribution in [-0.2, 0) is 25.9 Å². The number of rotatable bonds is 3. The molecule has 1 saturated heterocycles. The largest absolute Gasteiger partial charge is 0.325 e. The molecule has 3 aliphatic heterocycles. The van der Waals surface area contributed by atoms with E-state index >= 15 is 0 Å². The molecular weight excluding hydrogens is 432 g/mol. The van der Waals surface area contributed by atoms with E-state index in [-0.39, 0.29) is 11.9 Å². The first kappa shape index (κ1) is 20.8. The van der Waals surface area contributed by atoms with Crippen molar-refractivity contribution in [2.75, 3.05) is 25.0 Å². The number of nitrogens with one attached hydrogen (secondary N) is 1. The van der Waals surface area contributed by atoms with Crippen LogP contribution in [-0.4, -0.2) is 66.1 Å². The van der Waals surface area contributed by atoms with Gasteiger partial charge in [0.05, 0.1) is 0 Å². The molecule has 3 amide bonds. The van der Waals surface area contributed by atoms with E-state index in [9.17, 15) is 9.59 Å². The van der Waals surface area contributed by atoms with Crippen LogP contribution < -0.4 is 5.32 Å². The minimum absolute atomic E-state index is 0.0898. The topological polar surface area (TPSA) is 109 Å². The zero-order valence-corrected chi connectivity index (χ0v) is 18.9. The molecule has 6 rings (SSSR count). The number of aromatic nitrogens is 5. The Labute approximate surface area is 197 Å². The molecule has 6 heterocycles. The normalized spacial score (nSPS) is 16.9. The molecule has 10 heteroatoms. The van der Waals surface area contributed by atoms with Gasteiger partial charge in [0.15, 0.2) is 5.82 Å². The zero-order chi connectivity index (χ0) is 23.1. The van der Waals surface area contributed by atoms with Crippen molar-refractivity contribution in [2.24, 2.45) is 0 Å².